The van der Waals surface area contributed by atoms with E-state index in [-0.39, 0.29) is 5.91 Å². The Balaban J connectivity index is 2.15. The van der Waals surface area contributed by atoms with Gasteiger partial charge in [0, 0.05) is 12.2 Å². The Morgan fingerprint density at radius 2 is 2.00 bits per heavy atom. The van der Waals surface area contributed by atoms with Gasteiger partial charge in [-0.25, -0.2) is 0 Å². The molecule has 0 spiro atoms. The summed E-state index contributed by atoms with van der Waals surface area (Å²) < 4.78 is 5.68. The minimum Gasteiger partial charge on any atom is -0.479 e. The molecule has 23 heavy (non-hydrogen) atoms. The second-order valence-corrected chi connectivity index (χ2v) is 5.34. The molecule has 2 aromatic rings. The molecule has 0 bridgehead atoms. The molecule has 0 heterocycles. The topological polar surface area (TPSA) is 53.3 Å². The Morgan fingerprint density at radius 1 is 1.30 bits per heavy atom. The smallest absolute Gasteiger partial charge is 0.267 e. The molecule has 118 valence electrons. The lowest BCUT2D eigenvalue weighted by Gasteiger charge is -2.25. The van der Waals surface area contributed by atoms with Crippen molar-refractivity contribution < 1.29 is 9.53 Å². The van der Waals surface area contributed by atoms with Crippen molar-refractivity contribution in [3.8, 4) is 11.8 Å². The van der Waals surface area contributed by atoms with Crippen LogP contribution in [0.25, 0.3) is 0 Å². The van der Waals surface area contributed by atoms with Crippen LogP contribution in [-0.2, 0) is 4.79 Å². The van der Waals surface area contributed by atoms with E-state index in [1.165, 1.54) is 6.07 Å². The van der Waals surface area contributed by atoms with Crippen LogP contribution < -0.4 is 9.64 Å². The van der Waals surface area contributed by atoms with Crippen molar-refractivity contribution in [1.82, 2.24) is 0 Å². The standard InChI is InChI=1S/C18H17ClN2O2/c1-3-21(15-7-5-4-6-8-15)18(22)13(2)23-17-10-9-14(12-20)11-16(17)19/h4-11,13H,3H2,1-2H3/t13-/m1/s1. The van der Waals surface area contributed by atoms with Gasteiger partial charge in [-0.3, -0.25) is 4.79 Å². The number of carbonyl (C=O) groups excluding carboxylic acids is 1. The van der Waals surface area contributed by atoms with Crippen molar-refractivity contribution in [3.63, 3.8) is 0 Å². The van der Waals surface area contributed by atoms with Crippen molar-refractivity contribution in [2.75, 3.05) is 11.4 Å². The number of hydrogen-bond acceptors (Lipinski definition) is 3. The number of benzene rings is 2. The average molecular weight is 329 g/mol. The Hall–Kier alpha value is -2.51. The van der Waals surface area contributed by atoms with E-state index in [4.69, 9.17) is 21.6 Å². The highest BCUT2D eigenvalue weighted by Crippen LogP contribution is 2.27. The minimum absolute atomic E-state index is 0.154. The van der Waals surface area contributed by atoms with Crippen LogP contribution in [0.15, 0.2) is 48.5 Å². The molecule has 2 aromatic carbocycles. The molecule has 0 aromatic heterocycles. The summed E-state index contributed by atoms with van der Waals surface area (Å²) in [6, 6.07) is 16.1. The van der Waals surface area contributed by atoms with Crippen LogP contribution in [0.1, 0.15) is 19.4 Å². The molecular weight excluding hydrogens is 312 g/mol. The van der Waals surface area contributed by atoms with Gasteiger partial charge in [0.05, 0.1) is 16.7 Å². The van der Waals surface area contributed by atoms with Gasteiger partial charge < -0.3 is 9.64 Å². The molecule has 0 saturated carbocycles. The number of para-hydroxylation sites is 1. The number of anilines is 1. The first-order valence-corrected chi connectivity index (χ1v) is 7.67. The van der Waals surface area contributed by atoms with Crippen molar-refractivity contribution >= 4 is 23.2 Å². The van der Waals surface area contributed by atoms with Crippen LogP contribution in [0.3, 0.4) is 0 Å². The molecule has 1 amide bonds. The van der Waals surface area contributed by atoms with Crippen LogP contribution in [-0.4, -0.2) is 18.6 Å². The second kappa shape index (κ2) is 7.66. The van der Waals surface area contributed by atoms with Gasteiger partial charge >= 0.3 is 0 Å². The number of likely N-dealkylation sites (N-methyl/N-ethyl adjacent to an activating group) is 1. The summed E-state index contributed by atoms with van der Waals surface area (Å²) in [6.07, 6.45) is -0.694. The lowest BCUT2D eigenvalue weighted by molar-refractivity contribution is -0.124. The minimum atomic E-state index is -0.694. The highest BCUT2D eigenvalue weighted by Gasteiger charge is 2.23. The van der Waals surface area contributed by atoms with Crippen molar-refractivity contribution in [2.24, 2.45) is 0 Å². The first-order chi connectivity index (χ1) is 11.1. The zero-order chi connectivity index (χ0) is 16.8. The molecule has 2 rings (SSSR count). The number of ether oxygens (including phenoxy) is 1. The molecule has 4 nitrogen and oxygen atoms in total. The van der Waals surface area contributed by atoms with Gasteiger partial charge in [0.25, 0.3) is 5.91 Å². The monoisotopic (exact) mass is 328 g/mol. The first kappa shape index (κ1) is 16.9. The van der Waals surface area contributed by atoms with Gasteiger partial charge in [0.2, 0.25) is 0 Å². The zero-order valence-corrected chi connectivity index (χ0v) is 13.7. The summed E-state index contributed by atoms with van der Waals surface area (Å²) in [5.41, 5.74) is 1.27. The molecule has 0 aliphatic heterocycles. The summed E-state index contributed by atoms with van der Waals surface area (Å²) in [7, 11) is 0. The molecule has 0 fully saturated rings. The summed E-state index contributed by atoms with van der Waals surface area (Å²) in [5.74, 6) is 0.231. The third-order valence-electron chi connectivity index (χ3n) is 3.36. The summed E-state index contributed by atoms with van der Waals surface area (Å²) >= 11 is 6.09. The predicted molar refractivity (Wildman–Crippen MR) is 90.7 cm³/mol. The van der Waals surface area contributed by atoms with E-state index in [0.29, 0.717) is 22.9 Å². The fraction of sp³-hybridized carbons (Fsp3) is 0.222. The summed E-state index contributed by atoms with van der Waals surface area (Å²) in [6.45, 7) is 4.13. The molecule has 0 radical (unpaired) electrons. The number of nitriles is 1. The Morgan fingerprint density at radius 3 is 2.57 bits per heavy atom. The van der Waals surface area contributed by atoms with E-state index in [1.54, 1.807) is 24.0 Å². The molecular formula is C18H17ClN2O2. The third kappa shape index (κ3) is 4.02. The highest BCUT2D eigenvalue weighted by atomic mass is 35.5. The SMILES string of the molecule is CCN(C(=O)[C@@H](C)Oc1ccc(C#N)cc1Cl)c1ccccc1. The molecule has 0 aliphatic rings. The average Bonchev–Trinajstić information content (AvgIpc) is 2.58. The van der Waals surface area contributed by atoms with Crippen LogP contribution in [0, 0.1) is 11.3 Å². The summed E-state index contributed by atoms with van der Waals surface area (Å²) in [4.78, 5) is 14.3. The van der Waals surface area contributed by atoms with Crippen molar-refractivity contribution in [1.29, 1.82) is 5.26 Å². The van der Waals surface area contributed by atoms with Crippen molar-refractivity contribution in [2.45, 2.75) is 20.0 Å². The number of nitrogens with zero attached hydrogens (tertiary/aromatic N) is 2. The van der Waals surface area contributed by atoms with E-state index in [2.05, 4.69) is 0 Å². The Labute approximate surface area is 140 Å². The van der Waals surface area contributed by atoms with E-state index < -0.39 is 6.10 Å². The third-order valence-corrected chi connectivity index (χ3v) is 3.66. The lowest BCUT2D eigenvalue weighted by atomic mass is 10.2. The van der Waals surface area contributed by atoms with Crippen LogP contribution in [0.4, 0.5) is 5.69 Å². The highest BCUT2D eigenvalue weighted by molar-refractivity contribution is 6.32. The fourth-order valence-corrected chi connectivity index (χ4v) is 2.42. The second-order valence-electron chi connectivity index (χ2n) is 4.94. The number of halogens is 1. The molecule has 0 N–H and O–H groups in total. The van der Waals surface area contributed by atoms with Crippen LogP contribution in [0.2, 0.25) is 5.02 Å². The first-order valence-electron chi connectivity index (χ1n) is 7.29. The van der Waals surface area contributed by atoms with Gasteiger partial charge in [-0.1, -0.05) is 29.8 Å². The van der Waals surface area contributed by atoms with Gasteiger partial charge in [0.1, 0.15) is 5.75 Å². The van der Waals surface area contributed by atoms with Gasteiger partial charge in [-0.05, 0) is 44.2 Å². The lowest BCUT2D eigenvalue weighted by Crippen LogP contribution is -2.40. The quantitative estimate of drug-likeness (QED) is 0.832. The van der Waals surface area contributed by atoms with Gasteiger partial charge in [-0.2, -0.15) is 5.26 Å². The van der Waals surface area contributed by atoms with E-state index in [9.17, 15) is 4.79 Å². The molecule has 0 unspecified atom stereocenters. The van der Waals surface area contributed by atoms with E-state index in [1.807, 2.05) is 43.3 Å². The predicted octanol–water partition coefficient (Wildman–Crippen LogP) is 4.03. The largest absolute Gasteiger partial charge is 0.479 e. The number of rotatable bonds is 5. The summed E-state index contributed by atoms with van der Waals surface area (Å²) in [5, 5.41) is 9.16. The van der Waals surface area contributed by atoms with Gasteiger partial charge in [-0.15, -0.1) is 0 Å². The maximum absolute atomic E-state index is 12.6. The van der Waals surface area contributed by atoms with Gasteiger partial charge in [0.15, 0.2) is 6.10 Å². The molecule has 0 aliphatic carbocycles. The Bertz CT molecular complexity index is 726. The molecule has 0 saturated heterocycles. The van der Waals surface area contributed by atoms with Crippen LogP contribution in [0.5, 0.6) is 5.75 Å². The van der Waals surface area contributed by atoms with Crippen LogP contribution >= 0.6 is 11.6 Å². The number of carbonyl (C=O) groups is 1. The maximum atomic E-state index is 12.6. The normalized spacial score (nSPS) is 11.4. The fourth-order valence-electron chi connectivity index (χ4n) is 2.20. The van der Waals surface area contributed by atoms with E-state index in [0.717, 1.165) is 5.69 Å². The number of hydrogen-bond donors (Lipinski definition) is 0. The number of amides is 1. The van der Waals surface area contributed by atoms with Crippen molar-refractivity contribution in [3.05, 3.63) is 59.1 Å². The zero-order valence-electron chi connectivity index (χ0n) is 13.0. The molecule has 5 heteroatoms. The maximum Gasteiger partial charge on any atom is 0.267 e. The van der Waals surface area contributed by atoms with E-state index >= 15 is 0 Å². The molecule has 1 atom stereocenters. The Kier molecular flexibility index (Phi) is 5.61.